The molecule has 0 saturated heterocycles. The van der Waals surface area contributed by atoms with Crippen LogP contribution in [0.15, 0.2) is 89.5 Å². The Labute approximate surface area is 198 Å². The smallest absolute Gasteiger partial charge is 0.188 e. The molecule has 0 fully saturated rings. The van der Waals surface area contributed by atoms with Gasteiger partial charge in [0.15, 0.2) is 9.84 Å². The number of pyridine rings is 1. The van der Waals surface area contributed by atoms with Gasteiger partial charge in [-0.05, 0) is 55.3 Å². The Morgan fingerprint density at radius 1 is 1.09 bits per heavy atom. The number of aliphatic hydroxyl groups is 1. The van der Waals surface area contributed by atoms with Crippen molar-refractivity contribution >= 4 is 32.1 Å². The van der Waals surface area contributed by atoms with Gasteiger partial charge < -0.3 is 5.11 Å². The molecule has 33 heavy (non-hydrogen) atoms. The van der Waals surface area contributed by atoms with Crippen molar-refractivity contribution in [3.8, 4) is 11.8 Å². The lowest BCUT2D eigenvalue weighted by Crippen LogP contribution is -2.19. The molecule has 0 unspecified atom stereocenters. The second-order valence-electron chi connectivity index (χ2n) is 7.94. The minimum atomic E-state index is -3.63. The standard InChI is InChI=1S/C27H23NO3S2/c1-19-7-9-21(10-8-19)11-12-25-13-14-27(32-25)33(30,31)18-24(20(2)29)16-22-15-23-5-3-4-6-26(23)28-17-22/h3-10,13-15,17,24,29H,2,16,18H2,1H3/t24-/m1/s1. The second-order valence-corrected chi connectivity index (χ2v) is 11.3. The van der Waals surface area contributed by atoms with Gasteiger partial charge in [-0.2, -0.15) is 0 Å². The van der Waals surface area contributed by atoms with Gasteiger partial charge in [0.25, 0.3) is 0 Å². The van der Waals surface area contributed by atoms with Crippen LogP contribution in [-0.4, -0.2) is 24.3 Å². The van der Waals surface area contributed by atoms with Crippen LogP contribution in [0.5, 0.6) is 0 Å². The highest BCUT2D eigenvalue weighted by Gasteiger charge is 2.25. The van der Waals surface area contributed by atoms with Crippen LogP contribution >= 0.6 is 11.3 Å². The Kier molecular flexibility index (Phi) is 6.64. The Morgan fingerprint density at radius 3 is 2.61 bits per heavy atom. The maximum absolute atomic E-state index is 13.1. The van der Waals surface area contributed by atoms with E-state index in [0.29, 0.717) is 11.3 Å². The molecular formula is C27H23NO3S2. The third-order valence-corrected chi connectivity index (χ3v) is 8.69. The van der Waals surface area contributed by atoms with Gasteiger partial charge >= 0.3 is 0 Å². The van der Waals surface area contributed by atoms with Gasteiger partial charge in [0.2, 0.25) is 0 Å². The predicted octanol–water partition coefficient (Wildman–Crippen LogP) is 5.71. The van der Waals surface area contributed by atoms with E-state index in [0.717, 1.165) is 38.9 Å². The molecule has 2 heterocycles. The summed E-state index contributed by atoms with van der Waals surface area (Å²) in [7, 11) is -3.63. The maximum Gasteiger partial charge on any atom is 0.188 e. The minimum absolute atomic E-state index is 0.150. The van der Waals surface area contributed by atoms with Gasteiger partial charge in [0, 0.05) is 23.1 Å². The molecule has 6 heteroatoms. The number of nitrogens with zero attached hydrogens (tertiary/aromatic N) is 1. The summed E-state index contributed by atoms with van der Waals surface area (Å²) in [6, 6.07) is 20.8. The molecule has 0 aliphatic carbocycles. The van der Waals surface area contributed by atoms with Crippen LogP contribution in [0.1, 0.15) is 21.6 Å². The lowest BCUT2D eigenvalue weighted by molar-refractivity contribution is 0.342. The van der Waals surface area contributed by atoms with Gasteiger partial charge in [0.05, 0.1) is 21.9 Å². The zero-order valence-electron chi connectivity index (χ0n) is 18.2. The summed E-state index contributed by atoms with van der Waals surface area (Å²) in [6.07, 6.45) is 2.05. The number of thiophene rings is 1. The fraction of sp³-hybridized carbons (Fsp3) is 0.148. The van der Waals surface area contributed by atoms with Crippen LogP contribution < -0.4 is 0 Å². The van der Waals surface area contributed by atoms with Gasteiger partial charge in [-0.1, -0.05) is 54.3 Å². The Morgan fingerprint density at radius 2 is 1.85 bits per heavy atom. The molecule has 0 spiro atoms. The third-order valence-electron chi connectivity index (χ3n) is 5.29. The average Bonchev–Trinajstić information content (AvgIpc) is 3.28. The highest BCUT2D eigenvalue weighted by Crippen LogP contribution is 2.27. The molecule has 0 radical (unpaired) electrons. The molecule has 0 bridgehead atoms. The highest BCUT2D eigenvalue weighted by molar-refractivity contribution is 7.93. The van der Waals surface area contributed by atoms with E-state index >= 15 is 0 Å². The normalized spacial score (nSPS) is 12.2. The fourth-order valence-electron chi connectivity index (χ4n) is 3.46. The lowest BCUT2D eigenvalue weighted by Gasteiger charge is -2.15. The van der Waals surface area contributed by atoms with E-state index < -0.39 is 15.8 Å². The first-order valence-corrected chi connectivity index (χ1v) is 12.9. The number of hydrogen-bond acceptors (Lipinski definition) is 5. The molecule has 4 aromatic rings. The van der Waals surface area contributed by atoms with Crippen LogP contribution in [0.25, 0.3) is 10.9 Å². The lowest BCUT2D eigenvalue weighted by atomic mass is 10.00. The topological polar surface area (TPSA) is 67.3 Å². The first-order chi connectivity index (χ1) is 15.8. The van der Waals surface area contributed by atoms with Gasteiger partial charge in [-0.3, -0.25) is 4.98 Å². The van der Waals surface area contributed by atoms with Crippen molar-refractivity contribution in [3.05, 3.63) is 107 Å². The second kappa shape index (κ2) is 9.62. The third kappa shape index (κ3) is 5.70. The summed E-state index contributed by atoms with van der Waals surface area (Å²) in [5.41, 5.74) is 3.75. The Balaban J connectivity index is 1.51. The van der Waals surface area contributed by atoms with Crippen molar-refractivity contribution in [2.75, 3.05) is 5.75 Å². The molecule has 2 aromatic carbocycles. The summed E-state index contributed by atoms with van der Waals surface area (Å²) in [4.78, 5) is 5.10. The van der Waals surface area contributed by atoms with E-state index in [1.165, 1.54) is 0 Å². The average molecular weight is 474 g/mol. The number of hydrogen-bond donors (Lipinski definition) is 1. The molecule has 166 valence electrons. The Bertz CT molecular complexity index is 1470. The van der Waals surface area contributed by atoms with E-state index in [9.17, 15) is 13.5 Å². The molecule has 0 amide bonds. The zero-order valence-corrected chi connectivity index (χ0v) is 19.8. The number of aliphatic hydroxyl groups excluding tert-OH is 1. The number of allylic oxidation sites excluding steroid dienone is 1. The predicted molar refractivity (Wildman–Crippen MR) is 134 cm³/mol. The largest absolute Gasteiger partial charge is 0.513 e. The summed E-state index contributed by atoms with van der Waals surface area (Å²) in [5, 5.41) is 11.1. The monoisotopic (exact) mass is 473 g/mol. The number of sulfone groups is 1. The number of para-hydroxylation sites is 1. The zero-order chi connectivity index (χ0) is 23.4. The molecule has 0 aliphatic heterocycles. The molecule has 1 atom stereocenters. The number of rotatable bonds is 6. The van der Waals surface area contributed by atoms with E-state index in [4.69, 9.17) is 0 Å². The van der Waals surface area contributed by atoms with Gasteiger partial charge in [-0.25, -0.2) is 8.42 Å². The summed E-state index contributed by atoms with van der Waals surface area (Å²) >= 11 is 1.14. The number of aryl methyl sites for hydroxylation is 1. The highest BCUT2D eigenvalue weighted by atomic mass is 32.2. The summed E-state index contributed by atoms with van der Waals surface area (Å²) in [6.45, 7) is 5.63. The first-order valence-electron chi connectivity index (χ1n) is 10.4. The number of fused-ring (bicyclic) bond motifs is 1. The van der Waals surface area contributed by atoms with Crippen LogP contribution in [0.3, 0.4) is 0 Å². The van der Waals surface area contributed by atoms with Crippen molar-refractivity contribution in [2.24, 2.45) is 5.92 Å². The minimum Gasteiger partial charge on any atom is -0.513 e. The SMILES string of the molecule is C=C(O)[C@H](Cc1cnc2ccccc2c1)CS(=O)(=O)c1ccc(C#Cc2ccc(C)cc2)s1. The van der Waals surface area contributed by atoms with Crippen LogP contribution in [0.4, 0.5) is 0 Å². The molecule has 0 saturated carbocycles. The molecule has 2 aromatic heterocycles. The van der Waals surface area contributed by atoms with Crippen molar-refractivity contribution < 1.29 is 13.5 Å². The van der Waals surface area contributed by atoms with Gasteiger partial charge in [-0.15, -0.1) is 11.3 Å². The van der Waals surface area contributed by atoms with Crippen molar-refractivity contribution in [3.63, 3.8) is 0 Å². The number of benzene rings is 2. The maximum atomic E-state index is 13.1. The molecule has 4 nitrogen and oxygen atoms in total. The molecule has 4 rings (SSSR count). The first kappa shape index (κ1) is 22.8. The van der Waals surface area contributed by atoms with E-state index in [1.807, 2.05) is 61.5 Å². The molecular weight excluding hydrogens is 450 g/mol. The Hall–Kier alpha value is -3.40. The fourth-order valence-corrected chi connectivity index (χ4v) is 6.31. The van der Waals surface area contributed by atoms with Crippen LogP contribution in [-0.2, 0) is 16.3 Å². The van der Waals surface area contributed by atoms with Crippen molar-refractivity contribution in [2.45, 2.75) is 17.6 Å². The van der Waals surface area contributed by atoms with E-state index in [-0.39, 0.29) is 15.7 Å². The molecule has 0 aliphatic rings. The van der Waals surface area contributed by atoms with Crippen molar-refractivity contribution in [1.82, 2.24) is 4.98 Å². The molecule has 1 N–H and O–H groups in total. The van der Waals surface area contributed by atoms with Gasteiger partial charge in [0.1, 0.15) is 4.21 Å². The number of aromatic nitrogens is 1. The van der Waals surface area contributed by atoms with E-state index in [2.05, 4.69) is 23.4 Å². The summed E-state index contributed by atoms with van der Waals surface area (Å²) in [5.74, 6) is 5.08. The van der Waals surface area contributed by atoms with E-state index in [1.54, 1.807) is 18.3 Å². The quantitative estimate of drug-likeness (QED) is 0.288. The summed E-state index contributed by atoms with van der Waals surface area (Å²) < 4.78 is 26.4. The van der Waals surface area contributed by atoms with Crippen LogP contribution in [0.2, 0.25) is 0 Å². The van der Waals surface area contributed by atoms with Crippen LogP contribution in [0, 0.1) is 24.7 Å². The van der Waals surface area contributed by atoms with Crippen molar-refractivity contribution in [1.29, 1.82) is 0 Å².